The number of hydroxylamine groups is 2. The summed E-state index contributed by atoms with van der Waals surface area (Å²) >= 11 is 0. The van der Waals surface area contributed by atoms with Crippen LogP contribution in [0.2, 0.25) is 0 Å². The standard InChI is InChI=1S/C21H17F8NO3/c1-30(33-2)18(31)13-9-14(22)15(16(17(13)23)11-3-4-11)10-5-7-12(8-6-10)19(32,20(24,25)26)21(27,28)29/h5-9,11,32H,3-4H2,1-2H3. The molecule has 1 fully saturated rings. The molecular formula is C21H17F8NO3. The van der Waals surface area contributed by atoms with Crippen LogP contribution in [0.1, 0.15) is 40.2 Å². The van der Waals surface area contributed by atoms with Gasteiger partial charge in [-0.05, 0) is 30.4 Å². The average molecular weight is 483 g/mol. The lowest BCUT2D eigenvalue weighted by Crippen LogP contribution is -2.53. The van der Waals surface area contributed by atoms with E-state index >= 15 is 8.78 Å². The lowest BCUT2D eigenvalue weighted by Gasteiger charge is -2.32. The van der Waals surface area contributed by atoms with Gasteiger partial charge in [0.05, 0.1) is 12.7 Å². The molecule has 180 valence electrons. The van der Waals surface area contributed by atoms with Gasteiger partial charge in [-0.1, -0.05) is 24.3 Å². The van der Waals surface area contributed by atoms with E-state index in [1.165, 1.54) is 7.05 Å². The topological polar surface area (TPSA) is 49.8 Å². The summed E-state index contributed by atoms with van der Waals surface area (Å²) < 4.78 is 109. The summed E-state index contributed by atoms with van der Waals surface area (Å²) in [7, 11) is 2.30. The molecule has 1 aliphatic rings. The maximum atomic E-state index is 15.2. The van der Waals surface area contributed by atoms with E-state index in [1.54, 1.807) is 0 Å². The molecular weight excluding hydrogens is 466 g/mol. The number of carbonyl (C=O) groups is 1. The molecule has 0 heterocycles. The van der Waals surface area contributed by atoms with Crippen molar-refractivity contribution in [3.8, 4) is 11.1 Å². The summed E-state index contributed by atoms with van der Waals surface area (Å²) in [5.74, 6) is -3.63. The van der Waals surface area contributed by atoms with E-state index in [1.807, 2.05) is 0 Å². The van der Waals surface area contributed by atoms with Gasteiger partial charge < -0.3 is 5.11 Å². The molecule has 2 aromatic carbocycles. The van der Waals surface area contributed by atoms with Gasteiger partial charge in [0.25, 0.3) is 11.5 Å². The van der Waals surface area contributed by atoms with Gasteiger partial charge in [0.15, 0.2) is 0 Å². The van der Waals surface area contributed by atoms with Crippen molar-refractivity contribution in [3.05, 3.63) is 58.7 Å². The van der Waals surface area contributed by atoms with Crippen LogP contribution in [0.5, 0.6) is 0 Å². The predicted octanol–water partition coefficient (Wildman–Crippen LogP) is 5.45. The van der Waals surface area contributed by atoms with E-state index in [-0.39, 0.29) is 16.7 Å². The van der Waals surface area contributed by atoms with Gasteiger partial charge in [-0.2, -0.15) is 26.3 Å². The number of amides is 1. The number of rotatable bonds is 5. The second-order valence-electron chi connectivity index (χ2n) is 7.55. The van der Waals surface area contributed by atoms with Crippen molar-refractivity contribution in [3.63, 3.8) is 0 Å². The summed E-state index contributed by atoms with van der Waals surface area (Å²) in [6.45, 7) is 0. The van der Waals surface area contributed by atoms with Crippen LogP contribution in [-0.2, 0) is 10.4 Å². The average Bonchev–Trinajstić information content (AvgIpc) is 3.56. The van der Waals surface area contributed by atoms with Crippen molar-refractivity contribution < 1.29 is 49.9 Å². The molecule has 3 rings (SSSR count). The quantitative estimate of drug-likeness (QED) is 0.454. The van der Waals surface area contributed by atoms with Gasteiger partial charge in [0.1, 0.15) is 11.6 Å². The van der Waals surface area contributed by atoms with Crippen molar-refractivity contribution in [2.45, 2.75) is 36.7 Å². The molecule has 0 aromatic heterocycles. The minimum atomic E-state index is -6.08. The smallest absolute Gasteiger partial charge is 0.369 e. The first-order chi connectivity index (χ1) is 15.1. The molecule has 1 aliphatic carbocycles. The Hall–Kier alpha value is -2.73. The first-order valence-corrected chi connectivity index (χ1v) is 9.46. The second-order valence-corrected chi connectivity index (χ2v) is 7.55. The molecule has 0 bridgehead atoms. The van der Waals surface area contributed by atoms with Crippen LogP contribution >= 0.6 is 0 Å². The molecule has 0 saturated heterocycles. The zero-order valence-corrected chi connectivity index (χ0v) is 17.1. The first-order valence-electron chi connectivity index (χ1n) is 9.46. The van der Waals surface area contributed by atoms with Crippen LogP contribution in [0, 0.1) is 11.6 Å². The molecule has 0 atom stereocenters. The van der Waals surface area contributed by atoms with E-state index in [2.05, 4.69) is 4.84 Å². The number of benzene rings is 2. The monoisotopic (exact) mass is 483 g/mol. The number of nitrogens with zero attached hydrogens (tertiary/aromatic N) is 1. The molecule has 0 aliphatic heterocycles. The van der Waals surface area contributed by atoms with Gasteiger partial charge in [-0.3, -0.25) is 9.63 Å². The Labute approximate surface area is 182 Å². The molecule has 1 N–H and O–H groups in total. The number of hydrogen-bond acceptors (Lipinski definition) is 3. The maximum Gasteiger partial charge on any atom is 0.430 e. The Morgan fingerprint density at radius 3 is 1.97 bits per heavy atom. The normalized spacial score (nSPS) is 15.0. The lowest BCUT2D eigenvalue weighted by atomic mass is 9.88. The predicted molar refractivity (Wildman–Crippen MR) is 98.9 cm³/mol. The van der Waals surface area contributed by atoms with Crippen LogP contribution in [0.15, 0.2) is 30.3 Å². The second kappa shape index (κ2) is 8.24. The molecule has 0 unspecified atom stereocenters. The highest BCUT2D eigenvalue weighted by atomic mass is 19.4. The van der Waals surface area contributed by atoms with Crippen LogP contribution in [0.4, 0.5) is 35.1 Å². The fraction of sp³-hybridized carbons (Fsp3) is 0.381. The fourth-order valence-electron chi connectivity index (χ4n) is 3.47. The van der Waals surface area contributed by atoms with Crippen molar-refractivity contribution in [1.82, 2.24) is 5.06 Å². The summed E-state index contributed by atoms with van der Waals surface area (Å²) in [6.07, 6.45) is -11.3. The SMILES string of the molecule is CON(C)C(=O)c1cc(F)c(-c2ccc(C(O)(C(F)(F)F)C(F)(F)F)cc2)c(C2CC2)c1F. The minimum Gasteiger partial charge on any atom is -0.369 e. The van der Waals surface area contributed by atoms with E-state index in [4.69, 9.17) is 0 Å². The van der Waals surface area contributed by atoms with Crippen molar-refractivity contribution in [1.29, 1.82) is 0 Å². The zero-order valence-electron chi connectivity index (χ0n) is 17.1. The Morgan fingerprint density at radius 2 is 1.55 bits per heavy atom. The van der Waals surface area contributed by atoms with Crippen LogP contribution in [0.25, 0.3) is 11.1 Å². The Morgan fingerprint density at radius 1 is 1.03 bits per heavy atom. The van der Waals surface area contributed by atoms with Crippen LogP contribution < -0.4 is 0 Å². The Kier molecular flexibility index (Phi) is 6.22. The highest BCUT2D eigenvalue weighted by molar-refractivity contribution is 5.95. The third-order valence-electron chi connectivity index (χ3n) is 5.44. The fourth-order valence-corrected chi connectivity index (χ4v) is 3.47. The zero-order chi connectivity index (χ0) is 24.9. The van der Waals surface area contributed by atoms with Crippen molar-refractivity contribution in [2.75, 3.05) is 14.2 Å². The van der Waals surface area contributed by atoms with Gasteiger partial charge >= 0.3 is 12.4 Å². The van der Waals surface area contributed by atoms with Gasteiger partial charge in [0.2, 0.25) is 0 Å². The lowest BCUT2D eigenvalue weighted by molar-refractivity contribution is -0.376. The molecule has 33 heavy (non-hydrogen) atoms. The van der Waals surface area contributed by atoms with Crippen molar-refractivity contribution >= 4 is 5.91 Å². The largest absolute Gasteiger partial charge is 0.430 e. The number of alkyl halides is 6. The minimum absolute atomic E-state index is 0.211. The molecule has 2 aromatic rings. The Bertz CT molecular complexity index is 1050. The molecule has 0 spiro atoms. The summed E-state index contributed by atoms with van der Waals surface area (Å²) in [6, 6.07) is 2.74. The molecule has 0 radical (unpaired) electrons. The van der Waals surface area contributed by atoms with Gasteiger partial charge in [-0.15, -0.1) is 0 Å². The number of halogens is 8. The third kappa shape index (κ3) is 4.17. The number of carbonyl (C=O) groups excluding carboxylic acids is 1. The maximum absolute atomic E-state index is 15.2. The molecule has 12 heteroatoms. The van der Waals surface area contributed by atoms with E-state index in [0.717, 1.165) is 19.2 Å². The third-order valence-corrected chi connectivity index (χ3v) is 5.44. The highest BCUT2D eigenvalue weighted by Crippen LogP contribution is 2.51. The van der Waals surface area contributed by atoms with Gasteiger partial charge in [0, 0.05) is 23.7 Å². The number of aliphatic hydroxyl groups is 1. The van der Waals surface area contributed by atoms with E-state index in [9.17, 15) is 36.2 Å². The highest BCUT2D eigenvalue weighted by Gasteiger charge is 2.71. The van der Waals surface area contributed by atoms with Crippen molar-refractivity contribution in [2.24, 2.45) is 0 Å². The molecule has 1 saturated carbocycles. The summed E-state index contributed by atoms with van der Waals surface area (Å²) in [5.41, 5.74) is -8.14. The Balaban J connectivity index is 2.15. The number of hydrogen-bond donors (Lipinski definition) is 1. The first kappa shape index (κ1) is 24.9. The van der Waals surface area contributed by atoms with Crippen LogP contribution in [0.3, 0.4) is 0 Å². The molecule has 1 amide bonds. The van der Waals surface area contributed by atoms with Gasteiger partial charge in [-0.25, -0.2) is 13.8 Å². The van der Waals surface area contributed by atoms with Crippen LogP contribution in [-0.4, -0.2) is 42.6 Å². The molecule has 4 nitrogen and oxygen atoms in total. The van der Waals surface area contributed by atoms with E-state index < -0.39 is 52.5 Å². The summed E-state index contributed by atoms with van der Waals surface area (Å²) in [4.78, 5) is 17.0. The summed E-state index contributed by atoms with van der Waals surface area (Å²) in [5, 5.41) is 10.2. The van der Waals surface area contributed by atoms with E-state index in [0.29, 0.717) is 36.1 Å².